The van der Waals surface area contributed by atoms with Crippen LogP contribution in [0.5, 0.6) is 0 Å². The molecule has 3 aromatic rings. The number of carbonyl (C=O) groups excluding carboxylic acids is 1. The Balaban J connectivity index is 1.68. The van der Waals surface area contributed by atoms with Crippen molar-refractivity contribution in [2.45, 2.75) is 25.4 Å². The van der Waals surface area contributed by atoms with Crippen LogP contribution in [0.2, 0.25) is 0 Å². The zero-order valence-corrected chi connectivity index (χ0v) is 16.7. The Morgan fingerprint density at radius 2 is 2.10 bits per heavy atom. The summed E-state index contributed by atoms with van der Waals surface area (Å²) in [6.45, 7) is 2.33. The highest BCUT2D eigenvalue weighted by Crippen LogP contribution is 2.36. The van der Waals surface area contributed by atoms with Gasteiger partial charge in [-0.1, -0.05) is 30.3 Å². The van der Waals surface area contributed by atoms with E-state index in [1.165, 1.54) is 16.2 Å². The van der Waals surface area contributed by atoms with Crippen molar-refractivity contribution in [1.29, 1.82) is 0 Å². The SMILES string of the molecule is CCc1sc(-c2cccc(-c3cc(C4(O)CCN(C)C4=O)on3)c2)nc1C(=O)O. The number of rotatable bonds is 5. The fraction of sp³-hybridized carbons (Fsp3) is 0.300. The lowest BCUT2D eigenvalue weighted by Crippen LogP contribution is -2.35. The van der Waals surface area contributed by atoms with E-state index in [1.54, 1.807) is 13.1 Å². The number of thiazole rings is 1. The molecule has 29 heavy (non-hydrogen) atoms. The zero-order valence-electron chi connectivity index (χ0n) is 15.9. The van der Waals surface area contributed by atoms with E-state index in [0.717, 1.165) is 5.56 Å². The first kappa shape index (κ1) is 19.3. The van der Waals surface area contributed by atoms with Gasteiger partial charge in [-0.3, -0.25) is 4.79 Å². The number of hydrogen-bond donors (Lipinski definition) is 2. The van der Waals surface area contributed by atoms with Crippen LogP contribution in [0.4, 0.5) is 0 Å². The van der Waals surface area contributed by atoms with E-state index in [2.05, 4.69) is 10.1 Å². The van der Waals surface area contributed by atoms with E-state index in [9.17, 15) is 19.8 Å². The molecule has 150 valence electrons. The molecule has 0 bridgehead atoms. The molecule has 2 aromatic heterocycles. The number of likely N-dealkylation sites (N-methyl/N-ethyl adjacent to an activating group) is 1. The average Bonchev–Trinajstić information content (AvgIpc) is 3.43. The minimum atomic E-state index is -1.70. The van der Waals surface area contributed by atoms with Crippen molar-refractivity contribution in [2.75, 3.05) is 13.6 Å². The molecule has 1 aromatic carbocycles. The maximum atomic E-state index is 12.3. The van der Waals surface area contributed by atoms with Gasteiger partial charge in [-0.05, 0) is 12.5 Å². The van der Waals surface area contributed by atoms with Crippen molar-refractivity contribution in [1.82, 2.24) is 15.0 Å². The summed E-state index contributed by atoms with van der Waals surface area (Å²) in [6, 6.07) is 8.88. The van der Waals surface area contributed by atoms with E-state index in [1.807, 2.05) is 31.2 Å². The first-order valence-corrected chi connectivity index (χ1v) is 9.94. The maximum Gasteiger partial charge on any atom is 0.355 e. The first-order valence-electron chi connectivity index (χ1n) is 9.12. The van der Waals surface area contributed by atoms with Gasteiger partial charge in [-0.15, -0.1) is 11.3 Å². The molecule has 2 N–H and O–H groups in total. The standard InChI is InChI=1S/C20H19N3O5S/c1-3-14-16(18(24)25)21-17(29-14)12-6-4-5-11(9-12)13-10-15(28-22-13)20(27)7-8-23(2)19(20)26/h4-6,9-10,27H,3,7-8H2,1-2H3,(H,24,25). The monoisotopic (exact) mass is 413 g/mol. The van der Waals surface area contributed by atoms with E-state index >= 15 is 0 Å². The van der Waals surface area contributed by atoms with Crippen LogP contribution in [0.25, 0.3) is 21.8 Å². The van der Waals surface area contributed by atoms with Crippen molar-refractivity contribution >= 4 is 23.2 Å². The third-order valence-electron chi connectivity index (χ3n) is 5.05. The van der Waals surface area contributed by atoms with E-state index in [4.69, 9.17) is 4.52 Å². The largest absolute Gasteiger partial charge is 0.476 e. The molecule has 0 saturated carbocycles. The lowest BCUT2D eigenvalue weighted by Gasteiger charge is -2.16. The molecule has 1 fully saturated rings. The number of aromatic carboxylic acids is 1. The molecular formula is C20H19N3O5S. The molecule has 1 amide bonds. The van der Waals surface area contributed by atoms with Crippen molar-refractivity contribution in [2.24, 2.45) is 0 Å². The van der Waals surface area contributed by atoms with Crippen molar-refractivity contribution in [3.63, 3.8) is 0 Å². The molecule has 1 aliphatic heterocycles. The van der Waals surface area contributed by atoms with Gasteiger partial charge in [0.25, 0.3) is 5.91 Å². The number of carbonyl (C=O) groups is 2. The number of likely N-dealkylation sites (tertiary alicyclic amines) is 1. The Bertz CT molecular complexity index is 1110. The Labute approximate surface area is 170 Å². The predicted octanol–water partition coefficient (Wildman–Crippen LogP) is 2.78. The van der Waals surface area contributed by atoms with Crippen LogP contribution in [-0.2, 0) is 16.8 Å². The molecule has 0 spiro atoms. The summed E-state index contributed by atoms with van der Waals surface area (Å²) in [5.74, 6) is -1.34. The van der Waals surface area contributed by atoms with Crippen LogP contribution in [0.15, 0.2) is 34.9 Å². The van der Waals surface area contributed by atoms with Crippen LogP contribution in [0, 0.1) is 0 Å². The highest BCUT2D eigenvalue weighted by atomic mass is 32.1. The molecule has 3 heterocycles. The lowest BCUT2D eigenvalue weighted by molar-refractivity contribution is -0.144. The van der Waals surface area contributed by atoms with Gasteiger partial charge in [0.05, 0.1) is 0 Å². The van der Waals surface area contributed by atoms with Gasteiger partial charge in [-0.25, -0.2) is 9.78 Å². The quantitative estimate of drug-likeness (QED) is 0.660. The summed E-state index contributed by atoms with van der Waals surface area (Å²) < 4.78 is 5.30. The minimum Gasteiger partial charge on any atom is -0.476 e. The minimum absolute atomic E-state index is 0.0766. The summed E-state index contributed by atoms with van der Waals surface area (Å²) in [7, 11) is 1.63. The molecule has 9 heteroatoms. The Morgan fingerprint density at radius 3 is 2.72 bits per heavy atom. The topological polar surface area (TPSA) is 117 Å². The second kappa shape index (κ2) is 7.09. The number of aromatic nitrogens is 2. The second-order valence-corrected chi connectivity index (χ2v) is 8.03. The van der Waals surface area contributed by atoms with Gasteiger partial charge >= 0.3 is 5.97 Å². The summed E-state index contributed by atoms with van der Waals surface area (Å²) >= 11 is 1.34. The molecule has 0 radical (unpaired) electrons. The number of aliphatic hydroxyl groups is 1. The van der Waals surface area contributed by atoms with Gasteiger partial charge in [0.1, 0.15) is 10.7 Å². The van der Waals surface area contributed by atoms with Crippen LogP contribution in [-0.4, -0.2) is 50.7 Å². The van der Waals surface area contributed by atoms with Crippen molar-refractivity contribution in [3.8, 4) is 21.8 Å². The van der Waals surface area contributed by atoms with Gasteiger partial charge < -0.3 is 19.6 Å². The average molecular weight is 413 g/mol. The Morgan fingerprint density at radius 1 is 1.34 bits per heavy atom. The summed E-state index contributed by atoms with van der Waals surface area (Å²) in [5.41, 5.74) is 0.329. The van der Waals surface area contributed by atoms with Gasteiger partial charge in [-0.2, -0.15) is 0 Å². The lowest BCUT2D eigenvalue weighted by atomic mass is 9.98. The molecule has 1 unspecified atom stereocenters. The van der Waals surface area contributed by atoms with Crippen molar-refractivity contribution < 1.29 is 24.3 Å². The number of carboxylic acid groups (broad SMARTS) is 1. The maximum absolute atomic E-state index is 12.3. The summed E-state index contributed by atoms with van der Waals surface area (Å²) in [6.07, 6.45) is 0.834. The molecule has 4 rings (SSSR count). The smallest absolute Gasteiger partial charge is 0.355 e. The number of benzene rings is 1. The number of aryl methyl sites for hydroxylation is 1. The van der Waals surface area contributed by atoms with Gasteiger partial charge in [0.2, 0.25) is 5.60 Å². The highest BCUT2D eigenvalue weighted by molar-refractivity contribution is 7.15. The first-order chi connectivity index (χ1) is 13.8. The van der Waals surface area contributed by atoms with Gasteiger partial charge in [0, 0.05) is 42.1 Å². The Hall–Kier alpha value is -3.04. The Kier molecular flexibility index (Phi) is 4.71. The molecule has 0 aliphatic carbocycles. The number of hydrogen-bond acceptors (Lipinski definition) is 7. The zero-order chi connectivity index (χ0) is 20.8. The van der Waals surface area contributed by atoms with Crippen LogP contribution < -0.4 is 0 Å². The molecule has 1 saturated heterocycles. The number of amides is 1. The fourth-order valence-corrected chi connectivity index (χ4v) is 4.37. The van der Waals surface area contributed by atoms with Crippen LogP contribution in [0.3, 0.4) is 0 Å². The molecule has 8 nitrogen and oxygen atoms in total. The normalized spacial score (nSPS) is 19.1. The highest BCUT2D eigenvalue weighted by Gasteiger charge is 2.48. The third-order valence-corrected chi connectivity index (χ3v) is 6.30. The second-order valence-electron chi connectivity index (χ2n) is 6.94. The number of nitrogens with zero attached hydrogens (tertiary/aromatic N) is 3. The number of carboxylic acids is 1. The summed E-state index contributed by atoms with van der Waals surface area (Å²) in [4.78, 5) is 30.1. The van der Waals surface area contributed by atoms with E-state index < -0.39 is 17.5 Å². The summed E-state index contributed by atoms with van der Waals surface area (Å²) in [5, 5.41) is 24.7. The van der Waals surface area contributed by atoms with Crippen LogP contribution in [0.1, 0.15) is 34.5 Å². The molecule has 1 atom stereocenters. The van der Waals surface area contributed by atoms with E-state index in [-0.39, 0.29) is 17.9 Å². The van der Waals surface area contributed by atoms with Gasteiger partial charge in [0.15, 0.2) is 11.5 Å². The van der Waals surface area contributed by atoms with Crippen molar-refractivity contribution in [3.05, 3.63) is 46.7 Å². The fourth-order valence-electron chi connectivity index (χ4n) is 3.38. The molecule has 1 aliphatic rings. The third kappa shape index (κ3) is 3.22. The van der Waals surface area contributed by atoms with Crippen LogP contribution >= 0.6 is 11.3 Å². The predicted molar refractivity (Wildman–Crippen MR) is 106 cm³/mol. The molecular weight excluding hydrogens is 394 g/mol. The van der Waals surface area contributed by atoms with E-state index in [0.29, 0.717) is 34.1 Å².